The molecule has 5 heteroatoms. The third-order valence-electron chi connectivity index (χ3n) is 2.38. The Hall–Kier alpha value is -1.59. The molecule has 108 valence electrons. The maximum Gasteiger partial charge on any atom is 0.0836 e. The molecule has 0 aliphatic rings. The van der Waals surface area contributed by atoms with E-state index in [-0.39, 0.29) is 0 Å². The molecule has 20 heavy (non-hydrogen) atoms. The van der Waals surface area contributed by atoms with Crippen molar-refractivity contribution in [2.75, 3.05) is 17.9 Å². The number of hydrogen-bond donors (Lipinski definition) is 2. The van der Waals surface area contributed by atoms with E-state index in [0.717, 1.165) is 21.5 Å². The fraction of sp³-hybridized carbons (Fsp3) is 0.267. The van der Waals surface area contributed by atoms with Gasteiger partial charge in [-0.1, -0.05) is 35.8 Å². The summed E-state index contributed by atoms with van der Waals surface area (Å²) in [6.45, 7) is 4.66. The van der Waals surface area contributed by atoms with Crippen LogP contribution < -0.4 is 10.8 Å². The van der Waals surface area contributed by atoms with Crippen LogP contribution >= 0.6 is 15.9 Å². The van der Waals surface area contributed by atoms with Crippen LogP contribution in [0.15, 0.2) is 47.1 Å². The molecular formula is C15H20BrN3O. The van der Waals surface area contributed by atoms with Crippen LogP contribution in [-0.2, 0) is 11.4 Å². The highest BCUT2D eigenvalue weighted by Gasteiger charge is 2.03. The molecule has 0 spiro atoms. The van der Waals surface area contributed by atoms with Gasteiger partial charge in [-0.05, 0) is 30.3 Å². The van der Waals surface area contributed by atoms with Gasteiger partial charge in [0.05, 0.1) is 30.7 Å². The van der Waals surface area contributed by atoms with Crippen molar-refractivity contribution in [2.24, 2.45) is 0 Å². The van der Waals surface area contributed by atoms with Crippen LogP contribution in [0.5, 0.6) is 0 Å². The Morgan fingerprint density at radius 3 is 2.60 bits per heavy atom. The first kappa shape index (κ1) is 16.5. The lowest BCUT2D eigenvalue weighted by Crippen LogP contribution is -2.05. The number of halogens is 1. The minimum atomic E-state index is 0.662. The monoisotopic (exact) mass is 337 g/mol. The second-order valence-electron chi connectivity index (χ2n) is 3.67. The predicted molar refractivity (Wildman–Crippen MR) is 87.7 cm³/mol. The molecule has 0 aliphatic carbocycles. The minimum absolute atomic E-state index is 0.662. The summed E-state index contributed by atoms with van der Waals surface area (Å²) in [5, 5.41) is 3.32. The van der Waals surface area contributed by atoms with E-state index in [1.54, 1.807) is 13.3 Å². The van der Waals surface area contributed by atoms with Crippen molar-refractivity contribution in [1.82, 2.24) is 4.98 Å². The minimum Gasteiger partial charge on any atom is -0.378 e. The van der Waals surface area contributed by atoms with Crippen LogP contribution in [-0.4, -0.2) is 12.1 Å². The fourth-order valence-corrected chi connectivity index (χ4v) is 1.91. The van der Waals surface area contributed by atoms with Gasteiger partial charge in [0, 0.05) is 10.7 Å². The van der Waals surface area contributed by atoms with Crippen molar-refractivity contribution >= 4 is 27.3 Å². The van der Waals surface area contributed by atoms with Gasteiger partial charge in [-0.15, -0.1) is 0 Å². The standard InChI is InChI=1S/C13H14BrN3O.C2H6/c1-18-17-12-6-5-10(14)8-13(12)16-9-11-4-2-3-7-15-11;1-2/h2-8,16-17H,9H2,1H3;1-2H3. The summed E-state index contributed by atoms with van der Waals surface area (Å²) in [6, 6.07) is 11.7. The Bertz CT molecular complexity index is 506. The zero-order chi connectivity index (χ0) is 14.8. The van der Waals surface area contributed by atoms with Gasteiger partial charge in [-0.25, -0.2) is 0 Å². The lowest BCUT2D eigenvalue weighted by atomic mass is 10.2. The van der Waals surface area contributed by atoms with E-state index >= 15 is 0 Å². The SMILES string of the molecule is CC.CONc1ccc(Br)cc1NCc1ccccn1. The van der Waals surface area contributed by atoms with Crippen molar-refractivity contribution in [3.63, 3.8) is 0 Å². The van der Waals surface area contributed by atoms with Gasteiger partial charge < -0.3 is 5.32 Å². The van der Waals surface area contributed by atoms with E-state index in [0.29, 0.717) is 6.54 Å². The quantitative estimate of drug-likeness (QED) is 0.791. The van der Waals surface area contributed by atoms with Crippen molar-refractivity contribution in [3.05, 3.63) is 52.8 Å². The molecule has 0 saturated carbocycles. The van der Waals surface area contributed by atoms with E-state index in [2.05, 4.69) is 31.7 Å². The Labute approximate surface area is 128 Å². The number of nitrogens with zero attached hydrogens (tertiary/aromatic N) is 1. The number of aromatic nitrogens is 1. The molecule has 0 amide bonds. The highest BCUT2D eigenvalue weighted by molar-refractivity contribution is 9.10. The molecule has 0 aliphatic heterocycles. The normalized spacial score (nSPS) is 9.40. The van der Waals surface area contributed by atoms with E-state index in [4.69, 9.17) is 4.84 Å². The van der Waals surface area contributed by atoms with Crippen molar-refractivity contribution < 1.29 is 4.84 Å². The number of anilines is 2. The second kappa shape index (κ2) is 9.34. The highest BCUT2D eigenvalue weighted by atomic mass is 79.9. The van der Waals surface area contributed by atoms with Crippen LogP contribution in [0, 0.1) is 0 Å². The molecule has 1 aromatic heterocycles. The van der Waals surface area contributed by atoms with Crippen LogP contribution in [0.3, 0.4) is 0 Å². The molecule has 0 bridgehead atoms. The van der Waals surface area contributed by atoms with Crippen molar-refractivity contribution in [1.29, 1.82) is 0 Å². The van der Waals surface area contributed by atoms with Gasteiger partial charge in [0.25, 0.3) is 0 Å². The molecule has 1 aromatic carbocycles. The zero-order valence-corrected chi connectivity index (χ0v) is 13.6. The topological polar surface area (TPSA) is 46.2 Å². The van der Waals surface area contributed by atoms with Gasteiger partial charge in [-0.3, -0.25) is 15.3 Å². The van der Waals surface area contributed by atoms with Crippen molar-refractivity contribution in [2.45, 2.75) is 20.4 Å². The van der Waals surface area contributed by atoms with Crippen LogP contribution in [0.2, 0.25) is 0 Å². The summed E-state index contributed by atoms with van der Waals surface area (Å²) in [5.74, 6) is 0. The summed E-state index contributed by atoms with van der Waals surface area (Å²) in [6.07, 6.45) is 1.78. The predicted octanol–water partition coefficient (Wildman–Crippen LogP) is 4.46. The Kier molecular flexibility index (Phi) is 7.69. The molecule has 0 unspecified atom stereocenters. The number of hydrogen-bond acceptors (Lipinski definition) is 4. The van der Waals surface area contributed by atoms with Gasteiger partial charge in [0.15, 0.2) is 0 Å². The smallest absolute Gasteiger partial charge is 0.0836 e. The summed E-state index contributed by atoms with van der Waals surface area (Å²) in [7, 11) is 1.59. The third-order valence-corrected chi connectivity index (χ3v) is 2.87. The average molecular weight is 338 g/mol. The van der Waals surface area contributed by atoms with E-state index < -0.39 is 0 Å². The summed E-state index contributed by atoms with van der Waals surface area (Å²) < 4.78 is 1.01. The van der Waals surface area contributed by atoms with Gasteiger partial charge in [0.2, 0.25) is 0 Å². The molecule has 0 saturated heterocycles. The molecule has 4 nitrogen and oxygen atoms in total. The first-order valence-electron chi connectivity index (χ1n) is 6.52. The Morgan fingerprint density at radius 1 is 1.15 bits per heavy atom. The van der Waals surface area contributed by atoms with E-state index in [9.17, 15) is 0 Å². The maximum absolute atomic E-state index is 4.94. The van der Waals surface area contributed by atoms with Crippen LogP contribution in [0.1, 0.15) is 19.5 Å². The average Bonchev–Trinajstić information content (AvgIpc) is 2.51. The molecule has 2 rings (SSSR count). The summed E-state index contributed by atoms with van der Waals surface area (Å²) in [4.78, 5) is 9.21. The van der Waals surface area contributed by atoms with Crippen LogP contribution in [0.4, 0.5) is 11.4 Å². The summed E-state index contributed by atoms with van der Waals surface area (Å²) in [5.41, 5.74) is 5.66. The molecule has 1 heterocycles. The molecule has 2 N–H and O–H groups in total. The second-order valence-corrected chi connectivity index (χ2v) is 4.59. The molecule has 0 radical (unpaired) electrons. The number of nitrogens with one attached hydrogen (secondary N) is 2. The molecular weight excluding hydrogens is 318 g/mol. The van der Waals surface area contributed by atoms with E-state index in [1.807, 2.05) is 50.2 Å². The van der Waals surface area contributed by atoms with Crippen LogP contribution in [0.25, 0.3) is 0 Å². The fourth-order valence-electron chi connectivity index (χ4n) is 1.55. The van der Waals surface area contributed by atoms with Crippen molar-refractivity contribution in [3.8, 4) is 0 Å². The third kappa shape index (κ3) is 5.19. The molecule has 0 atom stereocenters. The molecule has 2 aromatic rings. The summed E-state index contributed by atoms with van der Waals surface area (Å²) >= 11 is 3.45. The highest BCUT2D eigenvalue weighted by Crippen LogP contribution is 2.26. The lowest BCUT2D eigenvalue weighted by molar-refractivity contribution is 0.271. The lowest BCUT2D eigenvalue weighted by Gasteiger charge is -2.12. The number of rotatable bonds is 5. The van der Waals surface area contributed by atoms with Gasteiger partial charge >= 0.3 is 0 Å². The van der Waals surface area contributed by atoms with Gasteiger partial charge in [-0.2, -0.15) is 0 Å². The first-order valence-corrected chi connectivity index (χ1v) is 7.31. The van der Waals surface area contributed by atoms with E-state index in [1.165, 1.54) is 0 Å². The maximum atomic E-state index is 4.94. The first-order chi connectivity index (χ1) is 9.79. The largest absolute Gasteiger partial charge is 0.378 e. The Morgan fingerprint density at radius 2 is 1.95 bits per heavy atom. The number of pyridine rings is 1. The molecule has 0 fully saturated rings. The Balaban J connectivity index is 0.000000956. The number of benzene rings is 1. The van der Waals surface area contributed by atoms with Gasteiger partial charge in [0.1, 0.15) is 0 Å². The zero-order valence-electron chi connectivity index (χ0n) is 12.0.